The number of aliphatic imine (C=N–C) groups is 1. The first kappa shape index (κ1) is 22.0. The van der Waals surface area contributed by atoms with Crippen molar-refractivity contribution >= 4 is 47.4 Å². The molecule has 1 aromatic rings. The zero-order valence-corrected chi connectivity index (χ0v) is 17.2. The summed E-state index contributed by atoms with van der Waals surface area (Å²) in [7, 11) is 3.46. The van der Waals surface area contributed by atoms with E-state index in [0.717, 1.165) is 12.1 Å². The van der Waals surface area contributed by atoms with Crippen molar-refractivity contribution in [3.05, 3.63) is 34.9 Å². The number of hydrogen-bond acceptors (Lipinski definition) is 2. The van der Waals surface area contributed by atoms with Crippen molar-refractivity contribution in [3.8, 4) is 0 Å². The Morgan fingerprint density at radius 3 is 2.57 bits per heavy atom. The number of carbonyl (C=O) groups is 1. The third kappa shape index (κ3) is 9.65. The third-order valence-electron chi connectivity index (χ3n) is 2.89. The van der Waals surface area contributed by atoms with Crippen molar-refractivity contribution < 1.29 is 4.79 Å². The molecule has 23 heavy (non-hydrogen) atoms. The molecule has 0 fully saturated rings. The first-order chi connectivity index (χ1) is 10.4. The highest BCUT2D eigenvalue weighted by Crippen LogP contribution is 2.11. The van der Waals surface area contributed by atoms with Crippen LogP contribution in [0.25, 0.3) is 0 Å². The van der Waals surface area contributed by atoms with E-state index in [1.807, 2.05) is 24.3 Å². The van der Waals surface area contributed by atoms with Gasteiger partial charge < -0.3 is 15.5 Å². The molecule has 7 heteroatoms. The predicted octanol–water partition coefficient (Wildman–Crippen LogP) is 2.74. The SMILES string of the molecule is CC(C)CNC(=NCc1cccc(Cl)c1)NCC(=O)N(C)C.I. The summed E-state index contributed by atoms with van der Waals surface area (Å²) in [5.41, 5.74) is 1.03. The van der Waals surface area contributed by atoms with E-state index >= 15 is 0 Å². The summed E-state index contributed by atoms with van der Waals surface area (Å²) in [6.45, 7) is 5.74. The van der Waals surface area contributed by atoms with Crippen molar-refractivity contribution in [1.29, 1.82) is 0 Å². The summed E-state index contributed by atoms with van der Waals surface area (Å²) >= 11 is 5.97. The lowest BCUT2D eigenvalue weighted by molar-refractivity contribution is -0.127. The Morgan fingerprint density at radius 1 is 1.30 bits per heavy atom. The van der Waals surface area contributed by atoms with Crippen LogP contribution in [0.3, 0.4) is 0 Å². The van der Waals surface area contributed by atoms with Crippen LogP contribution >= 0.6 is 35.6 Å². The van der Waals surface area contributed by atoms with Crippen LogP contribution in [0.1, 0.15) is 19.4 Å². The van der Waals surface area contributed by atoms with Gasteiger partial charge in [-0.2, -0.15) is 0 Å². The minimum Gasteiger partial charge on any atom is -0.356 e. The van der Waals surface area contributed by atoms with Gasteiger partial charge in [-0.15, -0.1) is 24.0 Å². The molecule has 0 atom stereocenters. The molecule has 5 nitrogen and oxygen atoms in total. The molecule has 2 N–H and O–H groups in total. The van der Waals surface area contributed by atoms with Gasteiger partial charge in [0.15, 0.2) is 5.96 Å². The smallest absolute Gasteiger partial charge is 0.241 e. The van der Waals surface area contributed by atoms with Crippen LogP contribution in [0.5, 0.6) is 0 Å². The monoisotopic (exact) mass is 452 g/mol. The minimum atomic E-state index is 0. The molecule has 0 heterocycles. The van der Waals surface area contributed by atoms with Gasteiger partial charge >= 0.3 is 0 Å². The molecule has 0 unspecified atom stereocenters. The average molecular weight is 453 g/mol. The average Bonchev–Trinajstić information content (AvgIpc) is 2.45. The summed E-state index contributed by atoms with van der Waals surface area (Å²) in [5, 5.41) is 6.98. The third-order valence-corrected chi connectivity index (χ3v) is 3.13. The summed E-state index contributed by atoms with van der Waals surface area (Å²) < 4.78 is 0. The molecule has 0 bridgehead atoms. The van der Waals surface area contributed by atoms with Gasteiger partial charge in [0, 0.05) is 25.7 Å². The van der Waals surface area contributed by atoms with E-state index in [1.54, 1.807) is 19.0 Å². The second kappa shape index (κ2) is 11.5. The fourth-order valence-electron chi connectivity index (χ4n) is 1.60. The van der Waals surface area contributed by atoms with Crippen molar-refractivity contribution in [1.82, 2.24) is 15.5 Å². The van der Waals surface area contributed by atoms with Crippen LogP contribution in [-0.2, 0) is 11.3 Å². The van der Waals surface area contributed by atoms with E-state index in [4.69, 9.17) is 11.6 Å². The maximum Gasteiger partial charge on any atom is 0.241 e. The lowest BCUT2D eigenvalue weighted by atomic mass is 10.2. The van der Waals surface area contributed by atoms with Crippen molar-refractivity contribution in [2.75, 3.05) is 27.2 Å². The molecular weight excluding hydrogens is 427 g/mol. The Labute approximate surface area is 160 Å². The molecule has 0 aliphatic heterocycles. The Balaban J connectivity index is 0.00000484. The highest BCUT2D eigenvalue weighted by atomic mass is 127. The maximum atomic E-state index is 11.7. The van der Waals surface area contributed by atoms with Gasteiger partial charge in [0.05, 0.1) is 13.1 Å². The largest absolute Gasteiger partial charge is 0.356 e. The van der Waals surface area contributed by atoms with Gasteiger partial charge in [0.1, 0.15) is 0 Å². The molecule has 0 saturated heterocycles. The molecular formula is C16H26ClIN4O. The van der Waals surface area contributed by atoms with Crippen molar-refractivity contribution in [2.45, 2.75) is 20.4 Å². The number of nitrogens with one attached hydrogen (secondary N) is 2. The lowest BCUT2D eigenvalue weighted by Gasteiger charge is -2.16. The molecule has 0 aliphatic rings. The summed E-state index contributed by atoms with van der Waals surface area (Å²) in [6.07, 6.45) is 0. The molecule has 1 amide bonds. The number of nitrogens with zero attached hydrogens (tertiary/aromatic N) is 2. The normalized spacial score (nSPS) is 11.0. The Hall–Kier alpha value is -1.02. The molecule has 0 aliphatic carbocycles. The predicted molar refractivity (Wildman–Crippen MR) is 108 cm³/mol. The summed E-state index contributed by atoms with van der Waals surface area (Å²) in [6, 6.07) is 7.59. The molecule has 130 valence electrons. The molecule has 0 radical (unpaired) electrons. The first-order valence-electron chi connectivity index (χ1n) is 7.35. The second-order valence-corrected chi connectivity index (χ2v) is 6.15. The fraction of sp³-hybridized carbons (Fsp3) is 0.500. The Morgan fingerprint density at radius 2 is 2.00 bits per heavy atom. The van der Waals surface area contributed by atoms with Crippen LogP contribution < -0.4 is 10.6 Å². The van der Waals surface area contributed by atoms with Gasteiger partial charge in [-0.05, 0) is 23.6 Å². The number of guanidine groups is 1. The van der Waals surface area contributed by atoms with Crippen molar-refractivity contribution in [2.24, 2.45) is 10.9 Å². The summed E-state index contributed by atoms with van der Waals surface area (Å²) in [4.78, 5) is 17.7. The Bertz CT molecular complexity index is 521. The van der Waals surface area contributed by atoms with E-state index in [1.165, 1.54) is 0 Å². The number of rotatable bonds is 6. The topological polar surface area (TPSA) is 56.7 Å². The number of hydrogen-bond donors (Lipinski definition) is 2. The highest BCUT2D eigenvalue weighted by molar-refractivity contribution is 14.0. The van der Waals surface area contributed by atoms with Crippen LogP contribution in [0, 0.1) is 5.92 Å². The van der Waals surface area contributed by atoms with Gasteiger partial charge in [-0.3, -0.25) is 4.79 Å². The van der Waals surface area contributed by atoms with Crippen LogP contribution in [-0.4, -0.2) is 44.0 Å². The molecule has 0 aromatic heterocycles. The standard InChI is InChI=1S/C16H25ClN4O.HI/c1-12(2)9-18-16(20-11-15(22)21(3)4)19-10-13-6-5-7-14(17)8-13;/h5-8,12H,9-11H2,1-4H3,(H2,18,19,20);1H. The zero-order chi connectivity index (χ0) is 16.5. The highest BCUT2D eigenvalue weighted by Gasteiger charge is 2.06. The van der Waals surface area contributed by atoms with E-state index in [2.05, 4.69) is 29.5 Å². The number of amides is 1. The van der Waals surface area contributed by atoms with Gasteiger partial charge in [0.25, 0.3) is 0 Å². The number of likely N-dealkylation sites (N-methyl/N-ethyl adjacent to an activating group) is 1. The molecule has 1 aromatic carbocycles. The second-order valence-electron chi connectivity index (χ2n) is 5.71. The molecule has 1 rings (SSSR count). The first-order valence-corrected chi connectivity index (χ1v) is 7.73. The van der Waals surface area contributed by atoms with E-state index in [-0.39, 0.29) is 36.4 Å². The summed E-state index contributed by atoms with van der Waals surface area (Å²) in [5.74, 6) is 1.12. The van der Waals surface area contributed by atoms with Crippen LogP contribution in [0.2, 0.25) is 5.02 Å². The number of benzene rings is 1. The lowest BCUT2D eigenvalue weighted by Crippen LogP contribution is -2.44. The van der Waals surface area contributed by atoms with Gasteiger partial charge in [-0.1, -0.05) is 37.6 Å². The van der Waals surface area contributed by atoms with Gasteiger partial charge in [0.2, 0.25) is 5.91 Å². The van der Waals surface area contributed by atoms with Gasteiger partial charge in [-0.25, -0.2) is 4.99 Å². The number of halogens is 2. The fourth-order valence-corrected chi connectivity index (χ4v) is 1.81. The Kier molecular flexibility index (Phi) is 11.0. The van der Waals surface area contributed by atoms with E-state index in [0.29, 0.717) is 23.4 Å². The molecule has 0 saturated carbocycles. The van der Waals surface area contributed by atoms with Crippen LogP contribution in [0.15, 0.2) is 29.3 Å². The zero-order valence-electron chi connectivity index (χ0n) is 14.1. The molecule has 0 spiro atoms. The van der Waals surface area contributed by atoms with E-state index < -0.39 is 0 Å². The van der Waals surface area contributed by atoms with Crippen LogP contribution in [0.4, 0.5) is 0 Å². The van der Waals surface area contributed by atoms with Crippen molar-refractivity contribution in [3.63, 3.8) is 0 Å². The number of carbonyl (C=O) groups excluding carboxylic acids is 1. The minimum absolute atomic E-state index is 0. The quantitative estimate of drug-likeness (QED) is 0.396. The van der Waals surface area contributed by atoms with E-state index in [9.17, 15) is 4.79 Å². The maximum absolute atomic E-state index is 11.7.